The fourth-order valence-corrected chi connectivity index (χ4v) is 3.03. The molecule has 1 aliphatic rings. The van der Waals surface area contributed by atoms with Crippen molar-refractivity contribution in [1.82, 2.24) is 0 Å². The van der Waals surface area contributed by atoms with E-state index in [0.717, 1.165) is 31.6 Å². The number of carbonyl (C=O) groups is 1. The minimum absolute atomic E-state index is 0.225. The molecule has 2 atom stereocenters. The summed E-state index contributed by atoms with van der Waals surface area (Å²) in [6.07, 6.45) is 3.52. The highest BCUT2D eigenvalue weighted by Crippen LogP contribution is 2.33. The second kappa shape index (κ2) is 12.8. The van der Waals surface area contributed by atoms with Gasteiger partial charge in [-0.15, -0.1) is 0 Å². The molecule has 0 heterocycles. The molecule has 2 rings (SSSR count). The third kappa shape index (κ3) is 9.81. The van der Waals surface area contributed by atoms with Gasteiger partial charge in [-0.25, -0.2) is 0 Å². The van der Waals surface area contributed by atoms with E-state index >= 15 is 0 Å². The third-order valence-corrected chi connectivity index (χ3v) is 4.02. The highest BCUT2D eigenvalue weighted by Gasteiger charge is 2.27. The molecule has 156 valence electrons. The van der Waals surface area contributed by atoms with E-state index in [4.69, 9.17) is 14.2 Å². The van der Waals surface area contributed by atoms with Crippen molar-refractivity contribution in [2.45, 2.75) is 86.4 Å². The minimum atomic E-state index is -0.328. The van der Waals surface area contributed by atoms with Crippen LogP contribution in [0.1, 0.15) is 72.9 Å². The van der Waals surface area contributed by atoms with Crippen LogP contribution in [0.3, 0.4) is 0 Å². The Morgan fingerprint density at radius 2 is 1.81 bits per heavy atom. The van der Waals surface area contributed by atoms with Crippen LogP contribution in [0.5, 0.6) is 5.75 Å². The summed E-state index contributed by atoms with van der Waals surface area (Å²) in [6.45, 7) is 16.2. The fraction of sp³-hybridized carbons (Fsp3) is 0.696. The number of hydrogen-bond acceptors (Lipinski definition) is 4. The van der Waals surface area contributed by atoms with Gasteiger partial charge in [0.15, 0.2) is 0 Å². The Kier molecular flexibility index (Phi) is 12.0. The van der Waals surface area contributed by atoms with Gasteiger partial charge in [0, 0.05) is 20.0 Å². The van der Waals surface area contributed by atoms with Crippen LogP contribution in [-0.4, -0.2) is 31.4 Å². The van der Waals surface area contributed by atoms with Gasteiger partial charge in [0.1, 0.15) is 11.4 Å². The van der Waals surface area contributed by atoms with E-state index in [2.05, 4.69) is 26.0 Å². The van der Waals surface area contributed by atoms with Crippen LogP contribution in [-0.2, 0) is 27.1 Å². The van der Waals surface area contributed by atoms with Crippen LogP contribution in [0.25, 0.3) is 0 Å². The van der Waals surface area contributed by atoms with Crippen LogP contribution < -0.4 is 4.74 Å². The molecule has 0 spiro atoms. The molecule has 1 aromatic carbocycles. The van der Waals surface area contributed by atoms with Gasteiger partial charge in [-0.1, -0.05) is 39.8 Å². The molecule has 0 aromatic heterocycles. The summed E-state index contributed by atoms with van der Waals surface area (Å²) in [6, 6.07) is 6.34. The fourth-order valence-electron chi connectivity index (χ4n) is 3.03. The van der Waals surface area contributed by atoms with Gasteiger partial charge in [0.25, 0.3) is 0 Å². The SMILES string of the molecule is CC.CC(=O)OC(C)(C)C.CCCO[C@@H]1Cc2c(cccc2OC)C[C@H]1C. The Balaban J connectivity index is 0.000000574. The van der Waals surface area contributed by atoms with Crippen molar-refractivity contribution < 1.29 is 19.0 Å². The summed E-state index contributed by atoms with van der Waals surface area (Å²) in [7, 11) is 1.75. The summed E-state index contributed by atoms with van der Waals surface area (Å²) in [5.41, 5.74) is 2.44. The minimum Gasteiger partial charge on any atom is -0.496 e. The number of rotatable bonds is 4. The second-order valence-electron chi connectivity index (χ2n) is 7.60. The monoisotopic (exact) mass is 380 g/mol. The first-order chi connectivity index (χ1) is 12.7. The molecule has 0 bridgehead atoms. The van der Waals surface area contributed by atoms with Crippen LogP contribution in [0, 0.1) is 5.92 Å². The topological polar surface area (TPSA) is 44.8 Å². The van der Waals surface area contributed by atoms with Crippen molar-refractivity contribution in [3.8, 4) is 5.75 Å². The molecule has 4 nitrogen and oxygen atoms in total. The Hall–Kier alpha value is -1.55. The number of hydrogen-bond donors (Lipinski definition) is 0. The molecule has 0 saturated carbocycles. The number of ether oxygens (including phenoxy) is 3. The normalized spacial score (nSPS) is 18.1. The van der Waals surface area contributed by atoms with Crippen molar-refractivity contribution in [3.05, 3.63) is 29.3 Å². The van der Waals surface area contributed by atoms with E-state index in [1.54, 1.807) is 7.11 Å². The quantitative estimate of drug-likeness (QED) is 0.638. The average molecular weight is 381 g/mol. The van der Waals surface area contributed by atoms with Gasteiger partial charge in [-0.3, -0.25) is 4.79 Å². The molecule has 0 N–H and O–H groups in total. The summed E-state index contributed by atoms with van der Waals surface area (Å²) in [5, 5.41) is 0. The highest BCUT2D eigenvalue weighted by molar-refractivity contribution is 5.66. The molecule has 0 radical (unpaired) electrons. The lowest BCUT2D eigenvalue weighted by Gasteiger charge is -2.31. The Morgan fingerprint density at radius 1 is 1.19 bits per heavy atom. The standard InChI is InChI=1S/C15H22O2.C6H12O2.C2H6/c1-4-8-17-15-10-13-12(9-11(15)2)6-5-7-14(13)16-3;1-5(7)8-6(2,3)4;1-2/h5-7,11,15H,4,8-10H2,1-3H3;1-4H3;1-2H3/t11-,15-;;/m1../s1. The van der Waals surface area contributed by atoms with Gasteiger partial charge in [0.05, 0.1) is 13.2 Å². The van der Waals surface area contributed by atoms with E-state index in [-0.39, 0.29) is 11.6 Å². The molecule has 0 unspecified atom stereocenters. The van der Waals surface area contributed by atoms with E-state index in [9.17, 15) is 4.79 Å². The lowest BCUT2D eigenvalue weighted by atomic mass is 9.82. The molecule has 0 saturated heterocycles. The summed E-state index contributed by atoms with van der Waals surface area (Å²) in [4.78, 5) is 10.2. The van der Waals surface area contributed by atoms with E-state index in [0.29, 0.717) is 12.0 Å². The van der Waals surface area contributed by atoms with Crippen molar-refractivity contribution in [2.24, 2.45) is 5.92 Å². The number of fused-ring (bicyclic) bond motifs is 1. The maximum Gasteiger partial charge on any atom is 0.303 e. The molecule has 0 aliphatic heterocycles. The molecule has 27 heavy (non-hydrogen) atoms. The number of benzene rings is 1. The Labute approximate surface area is 166 Å². The zero-order valence-corrected chi connectivity index (χ0v) is 18.8. The number of esters is 1. The molecular formula is C23H40O4. The molecule has 4 heteroatoms. The Bertz CT molecular complexity index is 546. The van der Waals surface area contributed by atoms with Gasteiger partial charge in [-0.2, -0.15) is 0 Å². The number of methoxy groups -OCH3 is 1. The van der Waals surface area contributed by atoms with E-state index in [1.165, 1.54) is 18.1 Å². The molecular weight excluding hydrogens is 340 g/mol. The lowest BCUT2D eigenvalue weighted by molar-refractivity contribution is -0.151. The third-order valence-electron chi connectivity index (χ3n) is 4.02. The predicted octanol–water partition coefficient (Wildman–Crippen LogP) is 5.60. The highest BCUT2D eigenvalue weighted by atomic mass is 16.6. The first-order valence-corrected chi connectivity index (χ1v) is 10.1. The van der Waals surface area contributed by atoms with Crippen LogP contribution in [0.2, 0.25) is 0 Å². The van der Waals surface area contributed by atoms with E-state index < -0.39 is 0 Å². The van der Waals surface area contributed by atoms with Crippen molar-refractivity contribution in [1.29, 1.82) is 0 Å². The van der Waals surface area contributed by atoms with Gasteiger partial charge >= 0.3 is 5.97 Å². The van der Waals surface area contributed by atoms with Crippen LogP contribution in [0.15, 0.2) is 18.2 Å². The summed E-state index contributed by atoms with van der Waals surface area (Å²) < 4.78 is 16.2. The van der Waals surface area contributed by atoms with Gasteiger partial charge in [0.2, 0.25) is 0 Å². The van der Waals surface area contributed by atoms with Crippen LogP contribution >= 0.6 is 0 Å². The van der Waals surface area contributed by atoms with Crippen molar-refractivity contribution in [2.75, 3.05) is 13.7 Å². The zero-order valence-electron chi connectivity index (χ0n) is 18.8. The van der Waals surface area contributed by atoms with Gasteiger partial charge < -0.3 is 14.2 Å². The molecule has 1 aliphatic carbocycles. The molecule has 1 aromatic rings. The maximum atomic E-state index is 10.2. The maximum absolute atomic E-state index is 10.2. The Morgan fingerprint density at radius 3 is 2.26 bits per heavy atom. The number of carbonyl (C=O) groups excluding carboxylic acids is 1. The largest absolute Gasteiger partial charge is 0.496 e. The summed E-state index contributed by atoms with van der Waals surface area (Å²) in [5.74, 6) is 1.39. The molecule has 0 amide bonds. The lowest BCUT2D eigenvalue weighted by Crippen LogP contribution is -2.31. The smallest absolute Gasteiger partial charge is 0.303 e. The van der Waals surface area contributed by atoms with E-state index in [1.807, 2.05) is 40.7 Å². The van der Waals surface area contributed by atoms with Crippen molar-refractivity contribution in [3.63, 3.8) is 0 Å². The average Bonchev–Trinajstić information content (AvgIpc) is 2.59. The predicted molar refractivity (Wildman–Crippen MR) is 112 cm³/mol. The summed E-state index contributed by atoms with van der Waals surface area (Å²) >= 11 is 0. The van der Waals surface area contributed by atoms with Gasteiger partial charge in [-0.05, 0) is 56.7 Å². The second-order valence-corrected chi connectivity index (χ2v) is 7.60. The first kappa shape index (κ1) is 25.4. The zero-order chi connectivity index (χ0) is 21.0. The van der Waals surface area contributed by atoms with Crippen LogP contribution in [0.4, 0.5) is 0 Å². The first-order valence-electron chi connectivity index (χ1n) is 10.1. The molecule has 0 fully saturated rings. The van der Waals surface area contributed by atoms with Crippen molar-refractivity contribution >= 4 is 5.97 Å².